The van der Waals surface area contributed by atoms with Gasteiger partial charge in [-0.05, 0) is 43.9 Å². The Morgan fingerprint density at radius 2 is 1.75 bits per heavy atom. The summed E-state index contributed by atoms with van der Waals surface area (Å²) in [5.74, 6) is 1.08. The smallest absolute Gasteiger partial charge is 0.323 e. The number of esters is 1. The first-order chi connectivity index (χ1) is 11.7. The Labute approximate surface area is 145 Å². The van der Waals surface area contributed by atoms with Crippen LogP contribution in [0.4, 0.5) is 0 Å². The van der Waals surface area contributed by atoms with Crippen molar-refractivity contribution >= 4 is 11.9 Å². The molecule has 5 heteroatoms. The minimum atomic E-state index is -0.233. The molecule has 5 nitrogen and oxygen atoms in total. The van der Waals surface area contributed by atoms with Gasteiger partial charge in [-0.15, -0.1) is 0 Å². The second-order valence-corrected chi connectivity index (χ2v) is 7.87. The van der Waals surface area contributed by atoms with Crippen LogP contribution in [0.15, 0.2) is 0 Å². The van der Waals surface area contributed by atoms with E-state index < -0.39 is 0 Å². The summed E-state index contributed by atoms with van der Waals surface area (Å²) < 4.78 is 4.99. The predicted molar refractivity (Wildman–Crippen MR) is 92.5 cm³/mol. The number of rotatable bonds is 5. The zero-order chi connectivity index (χ0) is 16.9. The Balaban J connectivity index is 1.55. The molecular formula is C19H32N2O3. The molecule has 3 atom stereocenters. The van der Waals surface area contributed by atoms with Crippen molar-refractivity contribution < 1.29 is 14.3 Å². The predicted octanol–water partition coefficient (Wildman–Crippen LogP) is 2.49. The van der Waals surface area contributed by atoms with Gasteiger partial charge in [-0.1, -0.05) is 32.1 Å². The van der Waals surface area contributed by atoms with E-state index in [4.69, 9.17) is 4.74 Å². The molecule has 3 unspecified atom stereocenters. The average Bonchev–Trinajstić information content (AvgIpc) is 2.99. The van der Waals surface area contributed by atoms with Gasteiger partial charge in [0.2, 0.25) is 5.91 Å². The van der Waals surface area contributed by atoms with Gasteiger partial charge in [0.05, 0.1) is 13.7 Å². The molecule has 3 rings (SSSR count). The number of amides is 1. The van der Waals surface area contributed by atoms with Gasteiger partial charge < -0.3 is 10.1 Å². The minimum Gasteiger partial charge on any atom is -0.468 e. The van der Waals surface area contributed by atoms with Crippen LogP contribution in [0.5, 0.6) is 0 Å². The van der Waals surface area contributed by atoms with E-state index in [0.29, 0.717) is 24.4 Å². The highest BCUT2D eigenvalue weighted by Gasteiger charge is 2.46. The Morgan fingerprint density at radius 1 is 1.04 bits per heavy atom. The molecule has 0 aromatic rings. The van der Waals surface area contributed by atoms with Crippen molar-refractivity contribution in [1.29, 1.82) is 0 Å². The molecule has 2 aliphatic carbocycles. The first-order valence-corrected chi connectivity index (χ1v) is 9.79. The van der Waals surface area contributed by atoms with E-state index >= 15 is 0 Å². The molecule has 1 heterocycles. The van der Waals surface area contributed by atoms with Crippen LogP contribution in [-0.4, -0.2) is 49.1 Å². The first kappa shape index (κ1) is 17.7. The molecule has 0 radical (unpaired) electrons. The summed E-state index contributed by atoms with van der Waals surface area (Å²) >= 11 is 0. The summed E-state index contributed by atoms with van der Waals surface area (Å²) in [5, 5.41) is 3.12. The Morgan fingerprint density at radius 3 is 2.50 bits per heavy atom. The standard InChI is InChI=1S/C19H32N2O3/c1-24-19(23)17-11-15-9-5-6-10-16(15)21(17)13-18(22)20-12-14-7-3-2-4-8-14/h14-17H,2-13H2,1H3,(H,20,22). The van der Waals surface area contributed by atoms with Crippen LogP contribution in [-0.2, 0) is 14.3 Å². The Kier molecular flexibility index (Phi) is 6.14. The lowest BCUT2D eigenvalue weighted by Crippen LogP contribution is -2.48. The molecule has 0 spiro atoms. The molecule has 3 fully saturated rings. The van der Waals surface area contributed by atoms with E-state index in [1.807, 2.05) is 0 Å². The summed E-state index contributed by atoms with van der Waals surface area (Å²) in [7, 11) is 1.45. The van der Waals surface area contributed by atoms with Crippen molar-refractivity contribution in [3.8, 4) is 0 Å². The molecule has 1 saturated heterocycles. The van der Waals surface area contributed by atoms with Crippen LogP contribution >= 0.6 is 0 Å². The normalized spacial score (nSPS) is 31.5. The van der Waals surface area contributed by atoms with Gasteiger partial charge in [-0.3, -0.25) is 14.5 Å². The largest absolute Gasteiger partial charge is 0.468 e. The van der Waals surface area contributed by atoms with Crippen LogP contribution in [0.2, 0.25) is 0 Å². The first-order valence-electron chi connectivity index (χ1n) is 9.79. The molecule has 0 bridgehead atoms. The molecule has 0 aromatic heterocycles. The fourth-order valence-corrected chi connectivity index (χ4v) is 5.02. The fourth-order valence-electron chi connectivity index (χ4n) is 5.02. The molecule has 24 heavy (non-hydrogen) atoms. The molecule has 1 amide bonds. The average molecular weight is 336 g/mol. The molecule has 136 valence electrons. The maximum absolute atomic E-state index is 12.5. The van der Waals surface area contributed by atoms with Gasteiger partial charge in [0.1, 0.15) is 6.04 Å². The van der Waals surface area contributed by atoms with Crippen LogP contribution < -0.4 is 5.32 Å². The van der Waals surface area contributed by atoms with Crippen LogP contribution in [0, 0.1) is 11.8 Å². The summed E-state index contributed by atoms with van der Waals surface area (Å²) in [6, 6.07) is 0.145. The number of carbonyl (C=O) groups is 2. The third-order valence-electron chi connectivity index (χ3n) is 6.33. The molecular weight excluding hydrogens is 304 g/mol. The van der Waals surface area contributed by atoms with E-state index in [0.717, 1.165) is 19.4 Å². The number of nitrogens with zero attached hydrogens (tertiary/aromatic N) is 1. The van der Waals surface area contributed by atoms with E-state index in [2.05, 4.69) is 10.2 Å². The molecule has 0 aromatic carbocycles. The van der Waals surface area contributed by atoms with Gasteiger partial charge in [0.15, 0.2) is 0 Å². The molecule has 1 aliphatic heterocycles. The zero-order valence-corrected chi connectivity index (χ0v) is 15.0. The minimum absolute atomic E-state index is 0.0701. The third kappa shape index (κ3) is 4.11. The van der Waals surface area contributed by atoms with Crippen molar-refractivity contribution in [2.75, 3.05) is 20.2 Å². The number of methoxy groups -OCH3 is 1. The maximum atomic E-state index is 12.5. The quantitative estimate of drug-likeness (QED) is 0.784. The van der Waals surface area contributed by atoms with E-state index in [9.17, 15) is 9.59 Å². The lowest BCUT2D eigenvalue weighted by molar-refractivity contribution is -0.146. The topological polar surface area (TPSA) is 58.6 Å². The number of likely N-dealkylation sites (tertiary alicyclic amines) is 1. The van der Waals surface area contributed by atoms with Crippen LogP contribution in [0.25, 0.3) is 0 Å². The van der Waals surface area contributed by atoms with E-state index in [1.165, 1.54) is 58.5 Å². The van der Waals surface area contributed by atoms with Gasteiger partial charge in [-0.25, -0.2) is 0 Å². The van der Waals surface area contributed by atoms with Gasteiger partial charge in [0, 0.05) is 12.6 Å². The maximum Gasteiger partial charge on any atom is 0.323 e. The summed E-state index contributed by atoms with van der Waals surface area (Å²) in [4.78, 5) is 26.8. The lowest BCUT2D eigenvalue weighted by Gasteiger charge is -2.32. The summed E-state index contributed by atoms with van der Waals surface area (Å²) in [6.07, 6.45) is 12.0. The van der Waals surface area contributed by atoms with E-state index in [-0.39, 0.29) is 17.9 Å². The highest BCUT2D eigenvalue weighted by atomic mass is 16.5. The number of nitrogens with one attached hydrogen (secondary N) is 1. The van der Waals surface area contributed by atoms with Gasteiger partial charge >= 0.3 is 5.97 Å². The third-order valence-corrected chi connectivity index (χ3v) is 6.33. The number of hydrogen-bond donors (Lipinski definition) is 1. The van der Waals surface area contributed by atoms with Crippen molar-refractivity contribution in [1.82, 2.24) is 10.2 Å². The lowest BCUT2D eigenvalue weighted by atomic mass is 9.85. The molecule has 3 aliphatic rings. The fraction of sp³-hybridized carbons (Fsp3) is 0.895. The second-order valence-electron chi connectivity index (χ2n) is 7.87. The van der Waals surface area contributed by atoms with Crippen LogP contribution in [0.3, 0.4) is 0 Å². The molecule has 2 saturated carbocycles. The van der Waals surface area contributed by atoms with Crippen molar-refractivity contribution in [3.63, 3.8) is 0 Å². The van der Waals surface area contributed by atoms with E-state index in [1.54, 1.807) is 0 Å². The SMILES string of the molecule is COC(=O)C1CC2CCCCC2N1CC(=O)NCC1CCCCC1. The van der Waals surface area contributed by atoms with Gasteiger partial charge in [0.25, 0.3) is 0 Å². The Hall–Kier alpha value is -1.10. The Bertz CT molecular complexity index is 448. The number of carbonyl (C=O) groups excluding carboxylic acids is 2. The van der Waals surface area contributed by atoms with Gasteiger partial charge in [-0.2, -0.15) is 0 Å². The van der Waals surface area contributed by atoms with Crippen molar-refractivity contribution in [3.05, 3.63) is 0 Å². The zero-order valence-electron chi connectivity index (χ0n) is 15.0. The highest BCUT2D eigenvalue weighted by Crippen LogP contribution is 2.39. The summed E-state index contributed by atoms with van der Waals surface area (Å²) in [5.41, 5.74) is 0. The van der Waals surface area contributed by atoms with Crippen LogP contribution in [0.1, 0.15) is 64.2 Å². The van der Waals surface area contributed by atoms with Crippen molar-refractivity contribution in [2.24, 2.45) is 11.8 Å². The highest BCUT2D eigenvalue weighted by molar-refractivity contribution is 5.81. The molecule has 1 N–H and O–H groups in total. The summed E-state index contributed by atoms with van der Waals surface area (Å²) in [6.45, 7) is 1.14. The monoisotopic (exact) mass is 336 g/mol. The number of ether oxygens (including phenoxy) is 1. The number of fused-ring (bicyclic) bond motifs is 1. The second kappa shape index (κ2) is 8.32. The number of hydrogen-bond acceptors (Lipinski definition) is 4. The van der Waals surface area contributed by atoms with Crippen molar-refractivity contribution in [2.45, 2.75) is 76.3 Å².